The Kier molecular flexibility index (Phi) is 4.18. The maximum Gasteiger partial charge on any atom is 0.0114 e. The van der Waals surface area contributed by atoms with Crippen molar-refractivity contribution in [2.45, 2.75) is 13.3 Å². The normalized spacial score (nSPS) is 11.0. The molecular weight excluding hydrogens is 155 g/mol. The van der Waals surface area contributed by atoms with Crippen molar-refractivity contribution in [3.8, 4) is 0 Å². The maximum atomic E-state index is 5.34. The molecule has 0 unspecified atom stereocenters. The maximum absolute atomic E-state index is 5.34. The van der Waals surface area contributed by atoms with Crippen molar-refractivity contribution < 1.29 is 4.52 Å². The molecule has 1 rings (SSSR count). The van der Waals surface area contributed by atoms with Crippen molar-refractivity contribution in [3.05, 3.63) is 30.3 Å². The molecule has 0 spiro atoms. The van der Waals surface area contributed by atoms with Gasteiger partial charge in [-0.25, -0.2) is 0 Å². The standard InChI is InChI=1S/C9H12OP/c1-2-8-10-11-9-6-4-3-5-7-9/h3-7H,2,8H2,1H3/q-1. The van der Waals surface area contributed by atoms with Crippen molar-refractivity contribution in [2.75, 3.05) is 6.61 Å². The van der Waals surface area contributed by atoms with Gasteiger partial charge in [0.2, 0.25) is 0 Å². The van der Waals surface area contributed by atoms with E-state index in [2.05, 4.69) is 19.1 Å². The summed E-state index contributed by atoms with van der Waals surface area (Å²) in [6.45, 7) is 2.96. The van der Waals surface area contributed by atoms with Crippen LogP contribution in [0.1, 0.15) is 13.3 Å². The Morgan fingerprint density at radius 3 is 2.64 bits per heavy atom. The molecule has 0 saturated heterocycles. The van der Waals surface area contributed by atoms with Crippen LogP contribution < -0.4 is 5.30 Å². The lowest BCUT2D eigenvalue weighted by Crippen LogP contribution is -1.93. The van der Waals surface area contributed by atoms with Crippen LogP contribution in [0.5, 0.6) is 0 Å². The molecule has 1 nitrogen and oxygen atoms in total. The molecule has 0 aliphatic carbocycles. The molecule has 0 fully saturated rings. The van der Waals surface area contributed by atoms with Crippen molar-refractivity contribution in [2.24, 2.45) is 0 Å². The Balaban J connectivity index is 2.28. The summed E-state index contributed by atoms with van der Waals surface area (Å²) in [4.78, 5) is 0. The van der Waals surface area contributed by atoms with Crippen LogP contribution in [-0.2, 0) is 4.52 Å². The lowest BCUT2D eigenvalue weighted by atomic mass is 10.4. The molecule has 0 aliphatic rings. The van der Waals surface area contributed by atoms with Crippen LogP contribution in [0.2, 0.25) is 0 Å². The molecule has 2 heteroatoms. The second-order valence-electron chi connectivity index (χ2n) is 2.26. The summed E-state index contributed by atoms with van der Waals surface area (Å²) in [5.41, 5.74) is 0. The third-order valence-corrected chi connectivity index (χ3v) is 2.04. The molecule has 0 saturated carbocycles. The number of rotatable bonds is 4. The smallest absolute Gasteiger partial charge is 0.0114 e. The van der Waals surface area contributed by atoms with Crippen LogP contribution in [0.15, 0.2) is 30.3 Å². The van der Waals surface area contributed by atoms with E-state index in [4.69, 9.17) is 4.52 Å². The highest BCUT2D eigenvalue weighted by Crippen LogP contribution is 2.10. The third kappa shape index (κ3) is 3.50. The molecule has 60 valence electrons. The minimum Gasteiger partial charge on any atom is -0.553 e. The molecule has 0 radical (unpaired) electrons. The minimum absolute atomic E-state index is 0.844. The lowest BCUT2D eigenvalue weighted by molar-refractivity contribution is 0.366. The summed E-state index contributed by atoms with van der Waals surface area (Å²) in [5, 5.41) is 1.22. The Labute approximate surface area is 69.6 Å². The average Bonchev–Trinajstić information content (AvgIpc) is 2.07. The highest BCUT2D eigenvalue weighted by Gasteiger charge is 1.74. The van der Waals surface area contributed by atoms with Crippen LogP contribution >= 0.6 is 8.81 Å². The lowest BCUT2D eigenvalue weighted by Gasteiger charge is -2.18. The summed E-state index contributed by atoms with van der Waals surface area (Å²) in [5.74, 6) is 0. The highest BCUT2D eigenvalue weighted by molar-refractivity contribution is 7.41. The predicted octanol–water partition coefficient (Wildman–Crippen LogP) is 2.60. The van der Waals surface area contributed by atoms with Gasteiger partial charge in [0.25, 0.3) is 0 Å². The van der Waals surface area contributed by atoms with Gasteiger partial charge in [0.15, 0.2) is 0 Å². The Hall–Kier alpha value is -0.390. The first-order valence-electron chi connectivity index (χ1n) is 3.81. The highest BCUT2D eigenvalue weighted by atomic mass is 31.1. The van der Waals surface area contributed by atoms with Gasteiger partial charge in [0.05, 0.1) is 0 Å². The zero-order chi connectivity index (χ0) is 7.94. The minimum atomic E-state index is 0.844. The Morgan fingerprint density at radius 1 is 1.27 bits per heavy atom. The van der Waals surface area contributed by atoms with Gasteiger partial charge in [-0.2, -0.15) is 5.30 Å². The van der Waals surface area contributed by atoms with Crippen LogP contribution in [0, 0.1) is 0 Å². The van der Waals surface area contributed by atoms with Gasteiger partial charge in [-0.1, -0.05) is 37.3 Å². The quantitative estimate of drug-likeness (QED) is 0.494. The molecule has 0 heterocycles. The summed E-state index contributed by atoms with van der Waals surface area (Å²) >= 11 is 0. The van der Waals surface area contributed by atoms with Gasteiger partial charge in [-0.05, 0) is 6.42 Å². The molecule has 0 amide bonds. The van der Waals surface area contributed by atoms with Gasteiger partial charge in [0.1, 0.15) is 0 Å². The van der Waals surface area contributed by atoms with E-state index in [1.807, 2.05) is 18.2 Å². The molecule has 11 heavy (non-hydrogen) atoms. The predicted molar refractivity (Wildman–Crippen MR) is 49.2 cm³/mol. The van der Waals surface area contributed by atoms with Crippen molar-refractivity contribution in [1.29, 1.82) is 0 Å². The van der Waals surface area contributed by atoms with Gasteiger partial charge in [-0.15, -0.1) is 0 Å². The van der Waals surface area contributed by atoms with Crippen molar-refractivity contribution in [1.82, 2.24) is 0 Å². The van der Waals surface area contributed by atoms with E-state index in [1.165, 1.54) is 5.30 Å². The molecule has 1 aromatic carbocycles. The van der Waals surface area contributed by atoms with Gasteiger partial charge < -0.3 is 13.3 Å². The molecule has 0 N–H and O–H groups in total. The molecule has 0 bridgehead atoms. The summed E-state index contributed by atoms with van der Waals surface area (Å²) in [7, 11) is 0.978. The van der Waals surface area contributed by atoms with Crippen molar-refractivity contribution in [3.63, 3.8) is 0 Å². The Morgan fingerprint density at radius 2 is 2.00 bits per heavy atom. The van der Waals surface area contributed by atoms with Gasteiger partial charge >= 0.3 is 0 Å². The Bertz CT molecular complexity index is 186. The van der Waals surface area contributed by atoms with E-state index < -0.39 is 0 Å². The fourth-order valence-corrected chi connectivity index (χ4v) is 1.42. The number of hydrogen-bond acceptors (Lipinski definition) is 1. The molecular formula is C9H12OP-. The first kappa shape index (κ1) is 8.70. The second-order valence-corrected chi connectivity index (χ2v) is 3.22. The largest absolute Gasteiger partial charge is 0.553 e. The van der Waals surface area contributed by atoms with E-state index >= 15 is 0 Å². The first-order chi connectivity index (χ1) is 5.43. The van der Waals surface area contributed by atoms with E-state index in [0.717, 1.165) is 21.8 Å². The van der Waals surface area contributed by atoms with Crippen LogP contribution in [0.4, 0.5) is 0 Å². The summed E-state index contributed by atoms with van der Waals surface area (Å²) < 4.78 is 5.34. The topological polar surface area (TPSA) is 9.23 Å². The summed E-state index contributed by atoms with van der Waals surface area (Å²) in [6, 6.07) is 10.2. The SMILES string of the molecule is CCCO[P-]c1ccccc1. The molecule has 0 aliphatic heterocycles. The molecule has 1 aromatic rings. The van der Waals surface area contributed by atoms with E-state index in [-0.39, 0.29) is 0 Å². The zero-order valence-corrected chi connectivity index (χ0v) is 7.55. The van der Waals surface area contributed by atoms with Crippen LogP contribution in [-0.4, -0.2) is 6.61 Å². The molecule has 0 aromatic heterocycles. The fraction of sp³-hybridized carbons (Fsp3) is 0.333. The number of benzene rings is 1. The monoisotopic (exact) mass is 167 g/mol. The third-order valence-electron chi connectivity index (χ3n) is 1.22. The van der Waals surface area contributed by atoms with E-state index in [9.17, 15) is 0 Å². The van der Waals surface area contributed by atoms with Crippen LogP contribution in [0.25, 0.3) is 0 Å². The van der Waals surface area contributed by atoms with E-state index in [0.29, 0.717) is 0 Å². The van der Waals surface area contributed by atoms with Crippen LogP contribution in [0.3, 0.4) is 0 Å². The first-order valence-corrected chi connectivity index (χ1v) is 4.63. The average molecular weight is 167 g/mol. The van der Waals surface area contributed by atoms with Gasteiger partial charge in [-0.3, -0.25) is 0 Å². The van der Waals surface area contributed by atoms with Gasteiger partial charge in [0, 0.05) is 6.61 Å². The fourth-order valence-electron chi connectivity index (χ4n) is 0.700. The van der Waals surface area contributed by atoms with Crippen molar-refractivity contribution >= 4 is 14.1 Å². The zero-order valence-electron chi connectivity index (χ0n) is 6.66. The molecule has 0 atom stereocenters. The second kappa shape index (κ2) is 5.29. The van der Waals surface area contributed by atoms with E-state index in [1.54, 1.807) is 0 Å². The number of hydrogen-bond donors (Lipinski definition) is 0. The summed E-state index contributed by atoms with van der Waals surface area (Å²) in [6.07, 6.45) is 1.08.